The highest BCUT2D eigenvalue weighted by molar-refractivity contribution is 6.30. The molecule has 0 spiro atoms. The van der Waals surface area contributed by atoms with E-state index in [0.29, 0.717) is 6.54 Å². The first kappa shape index (κ1) is 15.4. The monoisotopic (exact) mass is 270 g/mol. The number of halogens is 1. The first-order valence-corrected chi connectivity index (χ1v) is 6.69. The molecule has 0 aliphatic carbocycles. The van der Waals surface area contributed by atoms with Gasteiger partial charge >= 0.3 is 0 Å². The van der Waals surface area contributed by atoms with Gasteiger partial charge in [0.25, 0.3) is 0 Å². The van der Waals surface area contributed by atoms with Crippen molar-refractivity contribution in [3.63, 3.8) is 0 Å². The highest BCUT2D eigenvalue weighted by Gasteiger charge is 2.15. The van der Waals surface area contributed by atoms with E-state index in [1.807, 2.05) is 38.1 Å². The molecule has 0 heterocycles. The molecule has 0 aromatic heterocycles. The van der Waals surface area contributed by atoms with E-state index in [1.54, 1.807) is 0 Å². The summed E-state index contributed by atoms with van der Waals surface area (Å²) >= 11 is 5.89. The molecule has 1 aromatic carbocycles. The first-order valence-electron chi connectivity index (χ1n) is 6.32. The van der Waals surface area contributed by atoms with Gasteiger partial charge in [0.05, 0.1) is 12.7 Å². The molecule has 102 valence electrons. The summed E-state index contributed by atoms with van der Waals surface area (Å²) in [5, 5.41) is 0.750. The Bertz CT molecular complexity index is 340. The maximum atomic E-state index is 5.89. The second-order valence-corrected chi connectivity index (χ2v) is 5.14. The van der Waals surface area contributed by atoms with Gasteiger partial charge in [-0.25, -0.2) is 0 Å². The normalized spacial score (nSPS) is 13.3. The molecule has 0 saturated carbocycles. The van der Waals surface area contributed by atoms with E-state index >= 15 is 0 Å². The first-order chi connectivity index (χ1) is 8.54. The van der Waals surface area contributed by atoms with Gasteiger partial charge in [-0.1, -0.05) is 23.7 Å². The van der Waals surface area contributed by atoms with Crippen molar-refractivity contribution < 1.29 is 4.74 Å². The van der Waals surface area contributed by atoms with Crippen LogP contribution in [0.15, 0.2) is 24.3 Å². The third kappa shape index (κ3) is 4.94. The number of nitrogens with zero attached hydrogens (tertiary/aromatic N) is 1. The summed E-state index contributed by atoms with van der Waals surface area (Å²) in [5.74, 6) is 0. The molecule has 0 amide bonds. The van der Waals surface area contributed by atoms with Crippen LogP contribution in [0.2, 0.25) is 5.02 Å². The van der Waals surface area contributed by atoms with E-state index in [2.05, 4.69) is 11.9 Å². The molecule has 1 rings (SSSR count). The van der Waals surface area contributed by atoms with Crippen LogP contribution < -0.4 is 5.73 Å². The fourth-order valence-corrected chi connectivity index (χ4v) is 1.97. The maximum absolute atomic E-state index is 5.89. The molecule has 4 heteroatoms. The van der Waals surface area contributed by atoms with Crippen molar-refractivity contribution in [2.75, 3.05) is 26.7 Å². The lowest BCUT2D eigenvalue weighted by atomic mass is 10.1. The van der Waals surface area contributed by atoms with Crippen molar-refractivity contribution in [3.8, 4) is 0 Å². The minimum absolute atomic E-state index is 0.207. The van der Waals surface area contributed by atoms with Gasteiger partial charge in [-0.05, 0) is 38.6 Å². The lowest BCUT2D eigenvalue weighted by Gasteiger charge is -2.27. The van der Waals surface area contributed by atoms with Gasteiger partial charge in [-0.2, -0.15) is 0 Å². The zero-order chi connectivity index (χ0) is 13.5. The molecule has 1 unspecified atom stereocenters. The van der Waals surface area contributed by atoms with Gasteiger partial charge in [0.15, 0.2) is 0 Å². The van der Waals surface area contributed by atoms with Crippen molar-refractivity contribution in [1.29, 1.82) is 0 Å². The predicted molar refractivity (Wildman–Crippen MR) is 77.0 cm³/mol. The second kappa shape index (κ2) is 7.74. The minimum atomic E-state index is 0.207. The largest absolute Gasteiger partial charge is 0.377 e. The maximum Gasteiger partial charge on any atom is 0.0597 e. The van der Waals surface area contributed by atoms with Crippen molar-refractivity contribution in [1.82, 2.24) is 4.90 Å². The van der Waals surface area contributed by atoms with Crippen molar-refractivity contribution >= 4 is 11.6 Å². The number of hydrogen-bond acceptors (Lipinski definition) is 3. The predicted octanol–water partition coefficient (Wildman–Crippen LogP) is 2.70. The summed E-state index contributed by atoms with van der Waals surface area (Å²) in [5.41, 5.74) is 7.05. The quantitative estimate of drug-likeness (QED) is 0.828. The zero-order valence-electron chi connectivity index (χ0n) is 11.4. The van der Waals surface area contributed by atoms with Gasteiger partial charge in [0.2, 0.25) is 0 Å². The summed E-state index contributed by atoms with van der Waals surface area (Å²) in [6.45, 7) is 6.25. The molecule has 3 nitrogen and oxygen atoms in total. The second-order valence-electron chi connectivity index (χ2n) is 4.70. The number of likely N-dealkylation sites (N-methyl/N-ethyl adjacent to an activating group) is 1. The van der Waals surface area contributed by atoms with E-state index in [9.17, 15) is 0 Å². The van der Waals surface area contributed by atoms with Crippen LogP contribution in [0, 0.1) is 0 Å². The fraction of sp³-hybridized carbons (Fsp3) is 0.571. The molecular formula is C14H23ClN2O. The summed E-state index contributed by atoms with van der Waals surface area (Å²) in [6.07, 6.45) is 0.269. The Morgan fingerprint density at radius 2 is 1.89 bits per heavy atom. The van der Waals surface area contributed by atoms with Gasteiger partial charge in [-0.3, -0.25) is 4.90 Å². The van der Waals surface area contributed by atoms with Crippen LogP contribution in [0.25, 0.3) is 0 Å². The zero-order valence-corrected chi connectivity index (χ0v) is 12.2. The minimum Gasteiger partial charge on any atom is -0.377 e. The molecule has 1 aromatic rings. The van der Waals surface area contributed by atoms with Crippen molar-refractivity contribution in [3.05, 3.63) is 34.9 Å². The molecule has 0 saturated heterocycles. The van der Waals surface area contributed by atoms with Crippen LogP contribution >= 0.6 is 11.6 Å². The van der Waals surface area contributed by atoms with Gasteiger partial charge in [0.1, 0.15) is 0 Å². The van der Waals surface area contributed by atoms with Crippen LogP contribution in [0.3, 0.4) is 0 Å². The number of hydrogen-bond donors (Lipinski definition) is 1. The van der Waals surface area contributed by atoms with E-state index in [-0.39, 0.29) is 12.1 Å². The van der Waals surface area contributed by atoms with Crippen LogP contribution in [0.5, 0.6) is 0 Å². The van der Waals surface area contributed by atoms with Gasteiger partial charge < -0.3 is 10.5 Å². The number of ether oxygens (including phenoxy) is 1. The summed E-state index contributed by atoms with van der Waals surface area (Å²) in [4.78, 5) is 2.21. The third-order valence-electron chi connectivity index (χ3n) is 2.91. The molecule has 18 heavy (non-hydrogen) atoms. The SMILES string of the molecule is CC(C)OCCN(C)C(CN)c1ccc(Cl)cc1. The summed E-state index contributed by atoms with van der Waals surface area (Å²) < 4.78 is 5.56. The summed E-state index contributed by atoms with van der Waals surface area (Å²) in [6, 6.07) is 8.06. The molecule has 0 aliphatic heterocycles. The topological polar surface area (TPSA) is 38.5 Å². The average Bonchev–Trinajstić information content (AvgIpc) is 2.32. The van der Waals surface area contributed by atoms with Crippen LogP contribution in [0.1, 0.15) is 25.5 Å². The fourth-order valence-electron chi connectivity index (χ4n) is 1.84. The van der Waals surface area contributed by atoms with Crippen LogP contribution in [-0.4, -0.2) is 37.7 Å². The van der Waals surface area contributed by atoms with Crippen LogP contribution in [-0.2, 0) is 4.74 Å². The molecule has 0 fully saturated rings. The smallest absolute Gasteiger partial charge is 0.0597 e. The van der Waals surface area contributed by atoms with Crippen molar-refractivity contribution in [2.24, 2.45) is 5.73 Å². The molecular weight excluding hydrogens is 248 g/mol. The Kier molecular flexibility index (Phi) is 6.65. The molecule has 0 radical (unpaired) electrons. The van der Waals surface area contributed by atoms with E-state index in [0.717, 1.165) is 18.2 Å². The molecule has 0 aliphatic rings. The van der Waals surface area contributed by atoms with Crippen molar-refractivity contribution in [2.45, 2.75) is 26.0 Å². The molecule has 1 atom stereocenters. The lowest BCUT2D eigenvalue weighted by Crippen LogP contribution is -2.33. The van der Waals surface area contributed by atoms with E-state index in [4.69, 9.17) is 22.1 Å². The lowest BCUT2D eigenvalue weighted by molar-refractivity contribution is 0.0564. The number of benzene rings is 1. The molecule has 0 bridgehead atoms. The Morgan fingerprint density at radius 1 is 1.28 bits per heavy atom. The Morgan fingerprint density at radius 3 is 2.39 bits per heavy atom. The van der Waals surface area contributed by atoms with E-state index < -0.39 is 0 Å². The summed E-state index contributed by atoms with van der Waals surface area (Å²) in [7, 11) is 2.07. The van der Waals surface area contributed by atoms with Crippen LogP contribution in [0.4, 0.5) is 0 Å². The van der Waals surface area contributed by atoms with E-state index in [1.165, 1.54) is 5.56 Å². The third-order valence-corrected chi connectivity index (χ3v) is 3.16. The number of rotatable bonds is 7. The Labute approximate surface area is 115 Å². The Hall–Kier alpha value is -0.610. The highest BCUT2D eigenvalue weighted by atomic mass is 35.5. The Balaban J connectivity index is 2.56. The average molecular weight is 271 g/mol. The molecule has 2 N–H and O–H groups in total. The highest BCUT2D eigenvalue weighted by Crippen LogP contribution is 2.20. The number of nitrogens with two attached hydrogens (primary N) is 1. The van der Waals surface area contributed by atoms with Gasteiger partial charge in [-0.15, -0.1) is 0 Å². The standard InChI is InChI=1S/C14H23ClN2O/c1-11(2)18-9-8-17(3)14(10-16)12-4-6-13(15)7-5-12/h4-7,11,14H,8-10,16H2,1-3H3. The van der Waals surface area contributed by atoms with Gasteiger partial charge in [0, 0.05) is 24.2 Å².